The van der Waals surface area contributed by atoms with Gasteiger partial charge in [-0.05, 0) is 33.7 Å². The molecule has 74 valence electrons. The molecule has 0 amide bonds. The quantitative estimate of drug-likeness (QED) is 0.622. The molecule has 1 heterocycles. The van der Waals surface area contributed by atoms with Gasteiger partial charge in [0.2, 0.25) is 0 Å². The molecule has 0 fully saturated rings. The van der Waals surface area contributed by atoms with Gasteiger partial charge in [0.25, 0.3) is 0 Å². The van der Waals surface area contributed by atoms with Gasteiger partial charge in [-0.25, -0.2) is 4.79 Å². The zero-order chi connectivity index (χ0) is 9.90. The minimum atomic E-state index is -0.386. The van der Waals surface area contributed by atoms with Crippen LogP contribution < -0.4 is 5.32 Å². The summed E-state index contributed by atoms with van der Waals surface area (Å²) in [6.07, 6.45) is 2.67. The van der Waals surface area contributed by atoms with E-state index in [0.717, 1.165) is 25.1 Å². The van der Waals surface area contributed by atoms with Crippen molar-refractivity contribution in [2.24, 2.45) is 0 Å². The minimum absolute atomic E-state index is 0.172. The van der Waals surface area contributed by atoms with Crippen molar-refractivity contribution in [3.05, 3.63) is 11.6 Å². The lowest BCUT2D eigenvalue weighted by atomic mass is 10.1. The van der Waals surface area contributed by atoms with E-state index in [9.17, 15) is 4.79 Å². The first-order valence-electron chi connectivity index (χ1n) is 4.62. The zero-order valence-corrected chi connectivity index (χ0v) is 8.52. The van der Waals surface area contributed by atoms with Crippen molar-refractivity contribution >= 4 is 5.97 Å². The number of carbonyl (C=O) groups excluding carboxylic acids is 1. The molecule has 3 heteroatoms. The molecule has 1 aliphatic heterocycles. The lowest BCUT2D eigenvalue weighted by Crippen LogP contribution is -2.29. The maximum absolute atomic E-state index is 11.5. The van der Waals surface area contributed by atoms with Crippen molar-refractivity contribution in [1.82, 2.24) is 5.32 Å². The first-order valence-corrected chi connectivity index (χ1v) is 4.62. The molecular formula is C10H17NO2. The zero-order valence-electron chi connectivity index (χ0n) is 8.52. The summed E-state index contributed by atoms with van der Waals surface area (Å²) in [7, 11) is 0. The maximum atomic E-state index is 11.5. The van der Waals surface area contributed by atoms with Crippen LogP contribution in [0.5, 0.6) is 0 Å². The van der Waals surface area contributed by atoms with Crippen molar-refractivity contribution in [2.75, 3.05) is 13.1 Å². The highest BCUT2D eigenvalue weighted by molar-refractivity contribution is 5.88. The first-order chi connectivity index (χ1) is 5.99. The molecule has 0 saturated carbocycles. The third-order valence-corrected chi connectivity index (χ3v) is 1.72. The Morgan fingerprint density at radius 2 is 2.23 bits per heavy atom. The predicted molar refractivity (Wildman–Crippen MR) is 51.4 cm³/mol. The summed E-state index contributed by atoms with van der Waals surface area (Å²) in [6, 6.07) is 0. The van der Waals surface area contributed by atoms with E-state index in [-0.39, 0.29) is 11.6 Å². The topological polar surface area (TPSA) is 38.3 Å². The highest BCUT2D eigenvalue weighted by Gasteiger charge is 2.20. The molecule has 0 aromatic rings. The van der Waals surface area contributed by atoms with E-state index in [0.29, 0.717) is 0 Å². The lowest BCUT2D eigenvalue weighted by molar-refractivity contribution is -0.150. The Morgan fingerprint density at radius 1 is 1.54 bits per heavy atom. The van der Waals surface area contributed by atoms with Crippen LogP contribution in [0.25, 0.3) is 0 Å². The Labute approximate surface area is 79.2 Å². The number of hydrogen-bond acceptors (Lipinski definition) is 3. The third kappa shape index (κ3) is 3.59. The van der Waals surface area contributed by atoms with E-state index in [2.05, 4.69) is 5.32 Å². The molecule has 0 aromatic carbocycles. The van der Waals surface area contributed by atoms with Gasteiger partial charge in [-0.15, -0.1) is 0 Å². The Hall–Kier alpha value is -0.830. The molecule has 1 aliphatic rings. The molecule has 0 bridgehead atoms. The molecule has 0 aromatic heterocycles. The van der Waals surface area contributed by atoms with Gasteiger partial charge in [-0.2, -0.15) is 0 Å². The van der Waals surface area contributed by atoms with Gasteiger partial charge in [-0.3, -0.25) is 0 Å². The van der Waals surface area contributed by atoms with Gasteiger partial charge < -0.3 is 10.1 Å². The van der Waals surface area contributed by atoms with Crippen LogP contribution in [0.3, 0.4) is 0 Å². The van der Waals surface area contributed by atoms with Crippen LogP contribution >= 0.6 is 0 Å². The second kappa shape index (κ2) is 3.92. The van der Waals surface area contributed by atoms with Crippen LogP contribution in [0, 0.1) is 0 Å². The van der Waals surface area contributed by atoms with Crippen molar-refractivity contribution in [3.63, 3.8) is 0 Å². The number of nitrogens with one attached hydrogen (secondary N) is 1. The number of esters is 1. The van der Waals surface area contributed by atoms with Crippen molar-refractivity contribution < 1.29 is 9.53 Å². The van der Waals surface area contributed by atoms with Crippen LogP contribution in [-0.2, 0) is 9.53 Å². The second-order valence-corrected chi connectivity index (χ2v) is 4.19. The predicted octanol–water partition coefficient (Wildman–Crippen LogP) is 1.25. The normalized spacial score (nSPS) is 17.9. The van der Waals surface area contributed by atoms with Crippen molar-refractivity contribution in [2.45, 2.75) is 32.8 Å². The van der Waals surface area contributed by atoms with Crippen molar-refractivity contribution in [1.29, 1.82) is 0 Å². The van der Waals surface area contributed by atoms with Gasteiger partial charge >= 0.3 is 5.97 Å². The Balaban J connectivity index is 2.52. The SMILES string of the molecule is CC(C)(C)OC(=O)C1=CCNCC1. The van der Waals surface area contributed by atoms with Crippen LogP contribution in [-0.4, -0.2) is 24.7 Å². The number of carbonyl (C=O) groups is 1. The second-order valence-electron chi connectivity index (χ2n) is 4.19. The highest BCUT2D eigenvalue weighted by atomic mass is 16.6. The van der Waals surface area contributed by atoms with Gasteiger partial charge in [0.1, 0.15) is 5.60 Å². The number of rotatable bonds is 1. The number of hydrogen-bond donors (Lipinski definition) is 1. The summed E-state index contributed by atoms with van der Waals surface area (Å²) in [5.74, 6) is -0.172. The van der Waals surface area contributed by atoms with Crippen molar-refractivity contribution in [3.8, 4) is 0 Å². The standard InChI is InChI=1S/C10H17NO2/c1-10(2,3)13-9(12)8-4-6-11-7-5-8/h4,11H,5-7H2,1-3H3. The van der Waals surface area contributed by atoms with E-state index in [1.54, 1.807) is 0 Å². The number of ether oxygens (including phenoxy) is 1. The molecule has 3 nitrogen and oxygen atoms in total. The van der Waals surface area contributed by atoms with E-state index < -0.39 is 0 Å². The van der Waals surface area contributed by atoms with E-state index in [1.165, 1.54) is 0 Å². The van der Waals surface area contributed by atoms with Gasteiger partial charge in [0.05, 0.1) is 0 Å². The van der Waals surface area contributed by atoms with E-state index >= 15 is 0 Å². The Bertz CT molecular complexity index is 226. The van der Waals surface area contributed by atoms with E-state index in [1.807, 2.05) is 26.8 Å². The summed E-state index contributed by atoms with van der Waals surface area (Å²) in [5.41, 5.74) is 0.414. The molecule has 1 N–H and O–H groups in total. The highest BCUT2D eigenvalue weighted by Crippen LogP contribution is 2.13. The van der Waals surface area contributed by atoms with Crippen LogP contribution in [0.15, 0.2) is 11.6 Å². The monoisotopic (exact) mass is 183 g/mol. The molecule has 0 aliphatic carbocycles. The molecular weight excluding hydrogens is 166 g/mol. The fourth-order valence-electron chi connectivity index (χ4n) is 1.15. The fourth-order valence-corrected chi connectivity index (χ4v) is 1.15. The molecule has 0 atom stereocenters. The largest absolute Gasteiger partial charge is 0.457 e. The minimum Gasteiger partial charge on any atom is -0.457 e. The molecule has 0 radical (unpaired) electrons. The lowest BCUT2D eigenvalue weighted by Gasteiger charge is -2.21. The van der Waals surface area contributed by atoms with Crippen LogP contribution in [0.1, 0.15) is 27.2 Å². The third-order valence-electron chi connectivity index (χ3n) is 1.72. The average molecular weight is 183 g/mol. The molecule has 0 saturated heterocycles. The molecule has 1 rings (SSSR count). The summed E-state index contributed by atoms with van der Waals surface area (Å²) in [5, 5.41) is 3.15. The van der Waals surface area contributed by atoms with Gasteiger partial charge in [0, 0.05) is 12.1 Å². The van der Waals surface area contributed by atoms with Crippen LogP contribution in [0.4, 0.5) is 0 Å². The average Bonchev–Trinajstić information content (AvgIpc) is 2.03. The Kier molecular flexibility index (Phi) is 3.09. The molecule has 0 unspecified atom stereocenters. The summed E-state index contributed by atoms with van der Waals surface area (Å²) < 4.78 is 5.24. The smallest absolute Gasteiger partial charge is 0.334 e. The summed E-state index contributed by atoms with van der Waals surface area (Å²) >= 11 is 0. The Morgan fingerprint density at radius 3 is 2.69 bits per heavy atom. The van der Waals surface area contributed by atoms with E-state index in [4.69, 9.17) is 4.74 Å². The fraction of sp³-hybridized carbons (Fsp3) is 0.700. The first kappa shape index (κ1) is 10.3. The van der Waals surface area contributed by atoms with Crippen LogP contribution in [0.2, 0.25) is 0 Å². The summed E-state index contributed by atoms with van der Waals surface area (Å²) in [4.78, 5) is 11.5. The maximum Gasteiger partial charge on any atom is 0.334 e. The molecule has 0 spiro atoms. The van der Waals surface area contributed by atoms with Gasteiger partial charge in [-0.1, -0.05) is 6.08 Å². The molecule has 13 heavy (non-hydrogen) atoms. The van der Waals surface area contributed by atoms with Gasteiger partial charge in [0.15, 0.2) is 0 Å². The summed E-state index contributed by atoms with van der Waals surface area (Å²) in [6.45, 7) is 7.28.